The van der Waals surface area contributed by atoms with Crippen molar-refractivity contribution >= 4 is 27.5 Å². The number of ether oxygens (including phenoxy) is 2. The van der Waals surface area contributed by atoms with Gasteiger partial charge in [0.25, 0.3) is 0 Å². The van der Waals surface area contributed by atoms with Crippen molar-refractivity contribution in [2.45, 2.75) is 45.7 Å². The van der Waals surface area contributed by atoms with Crippen molar-refractivity contribution in [2.75, 3.05) is 36.9 Å². The van der Waals surface area contributed by atoms with E-state index in [1.54, 1.807) is 36.4 Å². The first-order valence-corrected chi connectivity index (χ1v) is 16.6. The third-order valence-electron chi connectivity index (χ3n) is 7.22. The Morgan fingerprint density at radius 1 is 0.955 bits per heavy atom. The molecule has 0 bridgehead atoms. The van der Waals surface area contributed by atoms with Gasteiger partial charge in [0.1, 0.15) is 25.1 Å². The lowest BCUT2D eigenvalue weighted by atomic mass is 10.0. The van der Waals surface area contributed by atoms with E-state index in [9.17, 15) is 22.4 Å². The van der Waals surface area contributed by atoms with Crippen molar-refractivity contribution in [2.24, 2.45) is 5.92 Å². The van der Waals surface area contributed by atoms with Gasteiger partial charge in [0.2, 0.25) is 21.8 Å². The SMILES string of the molecule is CC(C)CNC(=O)C(Cc1ccccc1)N(Cc1ccccc1F)C(=O)CCCN(c1ccc2c(c1)OCCO2)S(C)(=O)=O. The molecule has 0 saturated carbocycles. The van der Waals surface area contributed by atoms with Gasteiger partial charge in [-0.2, -0.15) is 0 Å². The number of nitrogens with zero attached hydrogens (tertiary/aromatic N) is 2. The molecule has 1 unspecified atom stereocenters. The number of hydrogen-bond donors (Lipinski definition) is 1. The van der Waals surface area contributed by atoms with Crippen LogP contribution in [-0.4, -0.2) is 63.7 Å². The molecule has 9 nitrogen and oxygen atoms in total. The summed E-state index contributed by atoms with van der Waals surface area (Å²) in [5.41, 5.74) is 1.53. The molecular formula is C33H40FN3O6S. The maximum absolute atomic E-state index is 14.8. The first kappa shape index (κ1) is 32.8. The van der Waals surface area contributed by atoms with Gasteiger partial charge in [-0.25, -0.2) is 12.8 Å². The van der Waals surface area contributed by atoms with E-state index in [4.69, 9.17) is 9.47 Å². The summed E-state index contributed by atoms with van der Waals surface area (Å²) in [5, 5.41) is 2.94. The van der Waals surface area contributed by atoms with Crippen molar-refractivity contribution in [3.05, 3.63) is 89.7 Å². The number of nitrogens with one attached hydrogen (secondary N) is 1. The summed E-state index contributed by atoms with van der Waals surface area (Å²) in [7, 11) is -3.70. The van der Waals surface area contributed by atoms with Crippen LogP contribution in [0.15, 0.2) is 72.8 Å². The molecule has 1 aliphatic rings. The summed E-state index contributed by atoms with van der Waals surface area (Å²) in [4.78, 5) is 28.9. The maximum atomic E-state index is 14.8. The maximum Gasteiger partial charge on any atom is 0.243 e. The van der Waals surface area contributed by atoms with Crippen molar-refractivity contribution in [3.8, 4) is 11.5 Å². The van der Waals surface area contributed by atoms with Gasteiger partial charge >= 0.3 is 0 Å². The standard InChI is InChI=1S/C33H40FN3O6S/c1-24(2)22-35-33(39)29(20-25-10-5-4-6-11-25)36(23-26-12-7-8-13-28(26)34)32(38)14-9-17-37(44(3,40)41)27-15-16-30-31(21-27)43-19-18-42-30/h4-8,10-13,15-16,21,24,29H,9,14,17-20,22-23H2,1-3H3,(H,35,39). The van der Waals surface area contributed by atoms with Crippen LogP contribution >= 0.6 is 0 Å². The Bertz CT molecular complexity index is 1530. The largest absolute Gasteiger partial charge is 0.486 e. The fraction of sp³-hybridized carbons (Fsp3) is 0.394. The number of rotatable bonds is 14. The summed E-state index contributed by atoms with van der Waals surface area (Å²) in [6.45, 7) is 5.04. The number of carbonyl (C=O) groups excluding carboxylic acids is 2. The van der Waals surface area contributed by atoms with E-state index >= 15 is 0 Å². The lowest BCUT2D eigenvalue weighted by Crippen LogP contribution is -2.51. The molecule has 1 N–H and O–H groups in total. The first-order chi connectivity index (χ1) is 21.0. The number of carbonyl (C=O) groups is 2. The van der Waals surface area contributed by atoms with Gasteiger partial charge in [0, 0.05) is 44.1 Å². The van der Waals surface area contributed by atoms with Crippen molar-refractivity contribution in [1.29, 1.82) is 0 Å². The molecule has 2 amide bonds. The molecule has 4 rings (SSSR count). The molecule has 1 aliphatic heterocycles. The second-order valence-corrected chi connectivity index (χ2v) is 13.1. The average molecular weight is 626 g/mol. The predicted molar refractivity (Wildman–Crippen MR) is 168 cm³/mol. The van der Waals surface area contributed by atoms with E-state index in [1.807, 2.05) is 44.2 Å². The van der Waals surface area contributed by atoms with Crippen molar-refractivity contribution in [1.82, 2.24) is 10.2 Å². The van der Waals surface area contributed by atoms with Crippen LogP contribution in [-0.2, 0) is 32.6 Å². The molecule has 3 aromatic rings. The molecular weight excluding hydrogens is 585 g/mol. The monoisotopic (exact) mass is 625 g/mol. The van der Waals surface area contributed by atoms with E-state index in [1.165, 1.54) is 15.3 Å². The van der Waals surface area contributed by atoms with Crippen molar-refractivity contribution in [3.63, 3.8) is 0 Å². The van der Waals surface area contributed by atoms with Gasteiger partial charge in [0.15, 0.2) is 11.5 Å². The molecule has 0 radical (unpaired) electrons. The van der Waals surface area contributed by atoms with E-state index < -0.39 is 21.9 Å². The number of amides is 2. The predicted octanol–water partition coefficient (Wildman–Crippen LogP) is 4.56. The lowest BCUT2D eigenvalue weighted by molar-refractivity contribution is -0.141. The Hall–Kier alpha value is -4.12. The minimum Gasteiger partial charge on any atom is -0.486 e. The Morgan fingerprint density at radius 3 is 2.32 bits per heavy atom. The second-order valence-electron chi connectivity index (χ2n) is 11.2. The topological polar surface area (TPSA) is 105 Å². The third-order valence-corrected chi connectivity index (χ3v) is 8.41. The van der Waals surface area contributed by atoms with Gasteiger partial charge in [0.05, 0.1) is 11.9 Å². The fourth-order valence-electron chi connectivity index (χ4n) is 4.98. The fourth-order valence-corrected chi connectivity index (χ4v) is 5.93. The number of halogens is 1. The Kier molecular flexibility index (Phi) is 11.2. The van der Waals surface area contributed by atoms with Crippen LogP contribution in [0.25, 0.3) is 0 Å². The Labute approximate surface area is 259 Å². The van der Waals surface area contributed by atoms with Crippen LogP contribution in [0.1, 0.15) is 37.8 Å². The highest BCUT2D eigenvalue weighted by Gasteiger charge is 2.31. The molecule has 11 heteroatoms. The van der Waals surface area contributed by atoms with Crippen LogP contribution in [0.5, 0.6) is 11.5 Å². The summed E-state index contributed by atoms with van der Waals surface area (Å²) < 4.78 is 52.8. The number of anilines is 1. The highest BCUT2D eigenvalue weighted by Crippen LogP contribution is 2.35. The van der Waals surface area contributed by atoms with Crippen LogP contribution in [0, 0.1) is 11.7 Å². The van der Waals surface area contributed by atoms with Crippen LogP contribution in [0.3, 0.4) is 0 Å². The zero-order chi connectivity index (χ0) is 31.7. The van der Waals surface area contributed by atoms with Gasteiger partial charge < -0.3 is 19.7 Å². The van der Waals surface area contributed by atoms with E-state index in [0.717, 1.165) is 11.8 Å². The lowest BCUT2D eigenvalue weighted by Gasteiger charge is -2.32. The van der Waals surface area contributed by atoms with E-state index in [-0.39, 0.29) is 55.6 Å². The van der Waals surface area contributed by atoms with E-state index in [0.29, 0.717) is 36.9 Å². The molecule has 0 spiro atoms. The second kappa shape index (κ2) is 15.1. The molecule has 1 atom stereocenters. The summed E-state index contributed by atoms with van der Waals surface area (Å²) in [5.74, 6) is -0.0214. The minimum absolute atomic E-state index is 0.0145. The van der Waals surface area contributed by atoms with Crippen LogP contribution < -0.4 is 19.1 Å². The Morgan fingerprint density at radius 2 is 1.64 bits per heavy atom. The molecule has 0 fully saturated rings. The molecule has 0 saturated heterocycles. The van der Waals surface area contributed by atoms with Gasteiger partial charge in [-0.15, -0.1) is 0 Å². The number of sulfonamides is 1. The van der Waals surface area contributed by atoms with Crippen LogP contribution in [0.2, 0.25) is 0 Å². The smallest absolute Gasteiger partial charge is 0.243 e. The van der Waals surface area contributed by atoms with Crippen molar-refractivity contribution < 1.29 is 31.9 Å². The summed E-state index contributed by atoms with van der Waals surface area (Å²) in [6.07, 6.45) is 1.44. The highest BCUT2D eigenvalue weighted by molar-refractivity contribution is 7.92. The summed E-state index contributed by atoms with van der Waals surface area (Å²) >= 11 is 0. The quantitative estimate of drug-likeness (QED) is 0.282. The van der Waals surface area contributed by atoms with Crippen LogP contribution in [0.4, 0.5) is 10.1 Å². The van der Waals surface area contributed by atoms with Gasteiger partial charge in [-0.05, 0) is 36.1 Å². The molecule has 236 valence electrons. The Balaban J connectivity index is 1.58. The average Bonchev–Trinajstić information content (AvgIpc) is 3.00. The van der Waals surface area contributed by atoms with Gasteiger partial charge in [-0.3, -0.25) is 13.9 Å². The minimum atomic E-state index is -3.70. The zero-order valence-electron chi connectivity index (χ0n) is 25.4. The normalized spacial score (nSPS) is 13.3. The molecule has 3 aromatic carbocycles. The number of benzene rings is 3. The molecule has 1 heterocycles. The highest BCUT2D eigenvalue weighted by atomic mass is 32.2. The molecule has 0 aliphatic carbocycles. The molecule has 0 aromatic heterocycles. The van der Waals surface area contributed by atoms with E-state index in [2.05, 4.69) is 5.32 Å². The number of fused-ring (bicyclic) bond motifs is 1. The molecule has 44 heavy (non-hydrogen) atoms. The van der Waals surface area contributed by atoms with Gasteiger partial charge in [-0.1, -0.05) is 62.4 Å². The third kappa shape index (κ3) is 8.95. The first-order valence-electron chi connectivity index (χ1n) is 14.7. The number of hydrogen-bond acceptors (Lipinski definition) is 6. The summed E-state index contributed by atoms with van der Waals surface area (Å²) in [6, 6.07) is 19.5. The zero-order valence-corrected chi connectivity index (χ0v) is 26.2.